The average Bonchev–Trinajstić information content (AvgIpc) is 2.35. The summed E-state index contributed by atoms with van der Waals surface area (Å²) in [6, 6.07) is 0. The largest absolute Gasteiger partial charge is 1.00 e. The van der Waals surface area contributed by atoms with Gasteiger partial charge >= 0.3 is 58.2 Å². The molecule has 0 fully saturated rings. The van der Waals surface area contributed by atoms with Crippen LogP contribution in [0.2, 0.25) is 0 Å². The van der Waals surface area contributed by atoms with Crippen molar-refractivity contribution in [2.75, 3.05) is 0 Å². The Balaban J connectivity index is -0.000000467. The van der Waals surface area contributed by atoms with Gasteiger partial charge in [0, 0.05) is 0 Å². The second kappa shape index (κ2) is 13.8. The van der Waals surface area contributed by atoms with E-state index >= 15 is 0 Å². The Hall–Kier alpha value is 0.825. The molecule has 0 atom stereocenters. The van der Waals surface area contributed by atoms with Crippen LogP contribution in [0.5, 0.6) is 0 Å². The van der Waals surface area contributed by atoms with E-state index in [1.807, 2.05) is 33.9 Å². The molecule has 0 aromatic rings. The first-order valence-corrected chi connectivity index (χ1v) is 7.20. The molecule has 0 aliphatic carbocycles. The van der Waals surface area contributed by atoms with Gasteiger partial charge in [-0.25, -0.2) is 0 Å². The summed E-state index contributed by atoms with van der Waals surface area (Å²) in [6.07, 6.45) is 8.56. The van der Waals surface area contributed by atoms with Crippen molar-refractivity contribution in [1.29, 1.82) is 0 Å². The van der Waals surface area contributed by atoms with Crippen LogP contribution in [0.3, 0.4) is 0 Å². The third kappa shape index (κ3) is 12.3. The van der Waals surface area contributed by atoms with Gasteiger partial charge in [-0.3, -0.25) is 0 Å². The molecule has 1 heterocycles. The maximum atomic E-state index is 4.55. The van der Waals surface area contributed by atoms with Crippen molar-refractivity contribution in [2.24, 2.45) is 16.3 Å². The summed E-state index contributed by atoms with van der Waals surface area (Å²) in [5.41, 5.74) is 1.23. The Bertz CT molecular complexity index is 286. The van der Waals surface area contributed by atoms with Crippen molar-refractivity contribution in [3.63, 3.8) is 0 Å². The van der Waals surface area contributed by atoms with E-state index < -0.39 is 0 Å². The van der Waals surface area contributed by atoms with E-state index in [-0.39, 0.29) is 63.6 Å². The Morgan fingerprint density at radius 1 is 1.11 bits per heavy atom. The summed E-state index contributed by atoms with van der Waals surface area (Å²) in [5.74, 6) is 1.77. The molecule has 0 N–H and O–H groups in total. The first-order chi connectivity index (χ1) is 8.41. The van der Waals surface area contributed by atoms with Gasteiger partial charge in [-0.05, 0) is 17.5 Å². The van der Waals surface area contributed by atoms with Crippen molar-refractivity contribution in [1.82, 2.24) is 0 Å². The van der Waals surface area contributed by atoms with Gasteiger partial charge in [0.1, 0.15) is 0 Å². The smallest absolute Gasteiger partial charge is 0.329 e. The predicted molar refractivity (Wildman–Crippen MR) is 85.9 cm³/mol. The molecule has 1 rings (SSSR count). The molecule has 1 aliphatic heterocycles. The van der Waals surface area contributed by atoms with E-state index in [2.05, 4.69) is 57.8 Å². The summed E-state index contributed by atoms with van der Waals surface area (Å²) in [7, 11) is 0. The molecule has 0 saturated heterocycles. The Morgan fingerprint density at radius 2 is 1.58 bits per heavy atom. The zero-order valence-corrected chi connectivity index (χ0v) is 19.8. The monoisotopic (exact) mass is 335 g/mol. The van der Waals surface area contributed by atoms with Gasteiger partial charge in [-0.15, -0.1) is 6.08 Å². The molecule has 0 aromatic heterocycles. The zero-order valence-electron chi connectivity index (χ0n) is 14.8. The third-order valence-electron chi connectivity index (χ3n) is 2.29. The first-order valence-electron chi connectivity index (χ1n) is 7.20. The molecule has 19 heavy (non-hydrogen) atoms. The fraction of sp³-hybridized carbons (Fsp3) is 0.647. The predicted octanol–water partition coefficient (Wildman–Crippen LogP) is 2.84. The van der Waals surface area contributed by atoms with E-state index in [9.17, 15) is 0 Å². The van der Waals surface area contributed by atoms with Crippen LogP contribution < -0.4 is 58.2 Å². The van der Waals surface area contributed by atoms with Gasteiger partial charge in [0.15, 0.2) is 0 Å². The second-order valence-corrected chi connectivity index (χ2v) is 4.88. The van der Waals surface area contributed by atoms with Crippen LogP contribution in [0, 0.1) is 17.3 Å². The van der Waals surface area contributed by atoms with Crippen LogP contribution in [0.15, 0.2) is 28.9 Å². The van der Waals surface area contributed by atoms with Crippen molar-refractivity contribution >= 4 is 6.21 Å². The maximum absolute atomic E-state index is 4.55. The van der Waals surface area contributed by atoms with E-state index in [0.717, 1.165) is 0 Å². The van der Waals surface area contributed by atoms with Gasteiger partial charge in [0.25, 0.3) is 0 Å². The summed E-state index contributed by atoms with van der Waals surface area (Å²) in [6.45, 7) is 18.8. The minimum atomic E-state index is 0. The Morgan fingerprint density at radius 3 is 2.00 bits per heavy atom. The second-order valence-electron chi connectivity index (χ2n) is 4.88. The summed E-state index contributed by atoms with van der Waals surface area (Å²) in [4.78, 5) is 4.55. The number of nitrogens with zero attached hydrogens (tertiary/aromatic N) is 1. The molecule has 0 spiro atoms. The third-order valence-corrected chi connectivity index (χ3v) is 2.29. The van der Waals surface area contributed by atoms with Crippen molar-refractivity contribution < 1.29 is 58.2 Å². The van der Waals surface area contributed by atoms with E-state index in [4.69, 9.17) is 0 Å². The SMILES string of the molecule is CC.CC.C[C-]1/C=C\C(C)(C)C=N/C(C(C)C)=C\1.[Rb+]. The summed E-state index contributed by atoms with van der Waals surface area (Å²) in [5, 5.41) is 0. The fourth-order valence-electron chi connectivity index (χ4n) is 1.26. The fourth-order valence-corrected chi connectivity index (χ4v) is 1.26. The molecule has 0 radical (unpaired) electrons. The topological polar surface area (TPSA) is 12.4 Å². The van der Waals surface area contributed by atoms with Crippen molar-refractivity contribution in [3.8, 4) is 0 Å². The number of hydrogen-bond acceptors (Lipinski definition) is 1. The minimum Gasteiger partial charge on any atom is -0.329 e. The number of allylic oxidation sites excluding steroid dienone is 4. The Kier molecular flexibility index (Phi) is 18.0. The summed E-state index contributed by atoms with van der Waals surface area (Å²) >= 11 is 0. The molecular weight excluding hydrogens is 304 g/mol. The standard InChI is InChI=1S/C13H20N.2C2H6.Rb/c1-10(2)12-8-11(3)6-7-13(4,5)9-14-12;2*1-2;/h6-10H,1-5H3;2*1-2H3;/q-1;;;+1/b7-6-,12-8-,14-9?;;;. The molecule has 106 valence electrons. The molecule has 1 nitrogen and oxygen atoms in total. The quantitative estimate of drug-likeness (QED) is 0.653. The molecule has 0 unspecified atom stereocenters. The summed E-state index contributed by atoms with van der Waals surface area (Å²) < 4.78 is 0. The molecule has 0 bridgehead atoms. The van der Waals surface area contributed by atoms with Crippen LogP contribution in [-0.2, 0) is 0 Å². The minimum absolute atomic E-state index is 0. The number of aliphatic imine (C=N–C) groups is 1. The van der Waals surface area contributed by atoms with Crippen LogP contribution in [-0.4, -0.2) is 6.21 Å². The van der Waals surface area contributed by atoms with E-state index in [1.165, 1.54) is 11.6 Å². The molecular formula is C17H32NRb. The van der Waals surface area contributed by atoms with Gasteiger partial charge in [-0.1, -0.05) is 68.0 Å². The van der Waals surface area contributed by atoms with Crippen molar-refractivity contribution in [2.45, 2.75) is 62.3 Å². The molecule has 0 aromatic carbocycles. The van der Waals surface area contributed by atoms with Gasteiger partial charge < -0.3 is 4.99 Å². The van der Waals surface area contributed by atoms with Gasteiger partial charge in [0.05, 0.1) is 0 Å². The molecule has 0 amide bonds. The van der Waals surface area contributed by atoms with Crippen LogP contribution in [0.4, 0.5) is 0 Å². The maximum Gasteiger partial charge on any atom is 1.00 e. The zero-order chi connectivity index (χ0) is 14.8. The van der Waals surface area contributed by atoms with Crippen LogP contribution in [0.25, 0.3) is 0 Å². The van der Waals surface area contributed by atoms with E-state index in [0.29, 0.717) is 5.92 Å². The Labute approximate surface area is 170 Å². The van der Waals surface area contributed by atoms with Crippen molar-refractivity contribution in [3.05, 3.63) is 29.8 Å². The number of rotatable bonds is 1. The van der Waals surface area contributed by atoms with Gasteiger partial charge in [-0.2, -0.15) is 18.1 Å². The van der Waals surface area contributed by atoms with Crippen LogP contribution >= 0.6 is 0 Å². The number of hydrogen-bond donors (Lipinski definition) is 0. The van der Waals surface area contributed by atoms with E-state index in [1.54, 1.807) is 0 Å². The molecule has 1 aliphatic rings. The normalized spacial score (nSPS) is 20.3. The van der Waals surface area contributed by atoms with Crippen LogP contribution in [0.1, 0.15) is 62.3 Å². The first kappa shape index (κ1) is 24.8. The average molecular weight is 336 g/mol. The van der Waals surface area contributed by atoms with Gasteiger partial charge in [0.2, 0.25) is 0 Å². The molecule has 0 saturated carbocycles. The molecule has 2 heteroatoms.